The second kappa shape index (κ2) is 13.1. The first kappa shape index (κ1) is 22.7. The molecule has 0 nitrogen and oxygen atoms in total. The molecule has 0 amide bonds. The topological polar surface area (TPSA) is 0 Å². The summed E-state index contributed by atoms with van der Waals surface area (Å²) in [5.74, 6) is -1.96. The maximum absolute atomic E-state index is 7.67. The Morgan fingerprint density at radius 1 is 0.455 bits per heavy atom. The van der Waals surface area contributed by atoms with Gasteiger partial charge in [-0.2, -0.15) is 0 Å². The summed E-state index contributed by atoms with van der Waals surface area (Å²) in [6.07, 6.45) is 21.8. The van der Waals surface area contributed by atoms with Gasteiger partial charge in [-0.1, -0.05) is 0 Å². The zero-order chi connectivity index (χ0) is 16.8. The first-order valence-electron chi connectivity index (χ1n) is 10.3. The van der Waals surface area contributed by atoms with Crippen molar-refractivity contribution in [2.75, 3.05) is 24.6 Å². The fourth-order valence-electron chi connectivity index (χ4n) is 3.70. The van der Waals surface area contributed by atoms with E-state index >= 15 is 0 Å². The minimum atomic E-state index is -1.96. The van der Waals surface area contributed by atoms with Crippen LogP contribution in [-0.2, 0) is 0 Å². The van der Waals surface area contributed by atoms with E-state index in [0.29, 0.717) is 0 Å². The summed E-state index contributed by atoms with van der Waals surface area (Å²) >= 11 is 7.67. The van der Waals surface area contributed by atoms with E-state index in [9.17, 15) is 0 Å². The summed E-state index contributed by atoms with van der Waals surface area (Å²) in [7, 11) is 0. The van der Waals surface area contributed by atoms with Gasteiger partial charge in [0.15, 0.2) is 0 Å². The molecule has 0 aromatic rings. The summed E-state index contributed by atoms with van der Waals surface area (Å²) in [5, 5.41) is 0. The second-order valence-electron chi connectivity index (χ2n) is 7.54. The van der Waals surface area contributed by atoms with Gasteiger partial charge in [0.2, 0.25) is 0 Å². The molecule has 0 aromatic heterocycles. The molecule has 0 fully saturated rings. The zero-order valence-electron chi connectivity index (χ0n) is 16.1. The number of rotatable bonds is 16. The van der Waals surface area contributed by atoms with Crippen LogP contribution in [0.2, 0.25) is 0 Å². The molecule has 0 unspecified atom stereocenters. The van der Waals surface area contributed by atoms with Crippen molar-refractivity contribution in [1.82, 2.24) is 0 Å². The van der Waals surface area contributed by atoms with Crippen molar-refractivity contribution in [3.8, 4) is 0 Å². The van der Waals surface area contributed by atoms with E-state index in [0.717, 1.165) is 0 Å². The number of halogens is 1. The molecule has 0 saturated heterocycles. The van der Waals surface area contributed by atoms with E-state index in [1.165, 1.54) is 102 Å². The van der Waals surface area contributed by atoms with Crippen LogP contribution in [0.4, 0.5) is 0 Å². The molecule has 0 spiro atoms. The minimum absolute atomic E-state index is 1.32. The van der Waals surface area contributed by atoms with Crippen LogP contribution in [0.15, 0.2) is 0 Å². The van der Waals surface area contributed by atoms with Crippen LogP contribution in [0.1, 0.15) is 105 Å². The summed E-state index contributed by atoms with van der Waals surface area (Å²) in [5.41, 5.74) is 0. The van der Waals surface area contributed by atoms with Crippen molar-refractivity contribution in [1.29, 1.82) is 0 Å². The van der Waals surface area contributed by atoms with Crippen molar-refractivity contribution >= 4 is 17.2 Å². The molecule has 0 N–H and O–H groups in total. The summed E-state index contributed by atoms with van der Waals surface area (Å²) in [4.78, 5) is 0. The van der Waals surface area contributed by atoms with Gasteiger partial charge >= 0.3 is 147 Å². The quantitative estimate of drug-likeness (QED) is 0.193. The van der Waals surface area contributed by atoms with Crippen LogP contribution < -0.4 is 0 Å². The Balaban J connectivity index is 4.89. The fraction of sp³-hybridized carbons (Fsp3) is 1.00. The van der Waals surface area contributed by atoms with Crippen LogP contribution in [0, 0.1) is 0 Å². The van der Waals surface area contributed by atoms with E-state index in [1.54, 1.807) is 0 Å². The Labute approximate surface area is 146 Å². The molecule has 0 radical (unpaired) electrons. The molecular weight excluding hydrogens is 307 g/mol. The van der Waals surface area contributed by atoms with E-state index in [2.05, 4.69) is 27.7 Å². The average molecular weight is 351 g/mol. The first-order chi connectivity index (χ1) is 10.5. The Bertz CT molecular complexity index is 201. The van der Waals surface area contributed by atoms with Crippen molar-refractivity contribution < 1.29 is 0 Å². The summed E-state index contributed by atoms with van der Waals surface area (Å²) in [6.45, 7) is 9.26. The van der Waals surface area contributed by atoms with E-state index in [1.807, 2.05) is 0 Å². The third-order valence-corrected chi connectivity index (χ3v) is 13.0. The molecule has 0 aliphatic heterocycles. The molecule has 0 aliphatic carbocycles. The Kier molecular flexibility index (Phi) is 13.5. The predicted octanol–water partition coefficient (Wildman–Crippen LogP) is 8.45. The molecule has 0 rings (SSSR count). The van der Waals surface area contributed by atoms with E-state index < -0.39 is 5.96 Å². The van der Waals surface area contributed by atoms with Crippen LogP contribution in [0.3, 0.4) is 0 Å². The van der Waals surface area contributed by atoms with Gasteiger partial charge in [-0.15, -0.1) is 0 Å². The Morgan fingerprint density at radius 3 is 0.864 bits per heavy atom. The van der Waals surface area contributed by atoms with Crippen molar-refractivity contribution in [2.45, 2.75) is 105 Å². The molecular formula is C20H44ClP. The molecule has 136 valence electrons. The molecule has 22 heavy (non-hydrogen) atoms. The van der Waals surface area contributed by atoms with Crippen LogP contribution in [-0.4, -0.2) is 24.6 Å². The van der Waals surface area contributed by atoms with Gasteiger partial charge in [0.25, 0.3) is 0 Å². The molecule has 0 saturated carbocycles. The number of hydrogen-bond acceptors (Lipinski definition) is 0. The Morgan fingerprint density at radius 2 is 0.682 bits per heavy atom. The molecule has 0 aliphatic rings. The third-order valence-electron chi connectivity index (χ3n) is 5.28. The van der Waals surface area contributed by atoms with Crippen molar-refractivity contribution in [3.05, 3.63) is 0 Å². The van der Waals surface area contributed by atoms with E-state index in [-0.39, 0.29) is 0 Å². The molecule has 0 heterocycles. The fourth-order valence-corrected chi connectivity index (χ4v) is 10.5. The molecule has 0 aromatic carbocycles. The van der Waals surface area contributed by atoms with E-state index in [4.69, 9.17) is 11.2 Å². The van der Waals surface area contributed by atoms with Crippen molar-refractivity contribution in [3.63, 3.8) is 0 Å². The van der Waals surface area contributed by atoms with Crippen molar-refractivity contribution in [2.24, 2.45) is 0 Å². The monoisotopic (exact) mass is 350 g/mol. The standard InChI is InChI=1S/C20H44ClP/c1-5-9-13-17-22(21,18-14-10-6-2,19-15-11-7-3)20-16-12-8-4/h5-20H2,1-4H3. The van der Waals surface area contributed by atoms with Crippen LogP contribution >= 0.6 is 17.2 Å². The zero-order valence-corrected chi connectivity index (χ0v) is 17.8. The summed E-state index contributed by atoms with van der Waals surface area (Å²) < 4.78 is 0. The third kappa shape index (κ3) is 9.77. The normalized spacial score (nSPS) is 14.0. The summed E-state index contributed by atoms with van der Waals surface area (Å²) in [6, 6.07) is 0. The van der Waals surface area contributed by atoms with Gasteiger partial charge in [-0.3, -0.25) is 0 Å². The van der Waals surface area contributed by atoms with Gasteiger partial charge in [0, 0.05) is 0 Å². The molecule has 0 bridgehead atoms. The average Bonchev–Trinajstić information content (AvgIpc) is 2.49. The van der Waals surface area contributed by atoms with Crippen LogP contribution in [0.25, 0.3) is 0 Å². The molecule has 2 heteroatoms. The van der Waals surface area contributed by atoms with Crippen LogP contribution in [0.5, 0.6) is 0 Å². The van der Waals surface area contributed by atoms with Gasteiger partial charge in [0.1, 0.15) is 0 Å². The number of hydrogen-bond donors (Lipinski definition) is 0. The van der Waals surface area contributed by atoms with Gasteiger partial charge in [-0.25, -0.2) is 0 Å². The molecule has 0 atom stereocenters. The van der Waals surface area contributed by atoms with Gasteiger partial charge in [-0.05, 0) is 0 Å². The predicted molar refractivity (Wildman–Crippen MR) is 110 cm³/mol. The number of unbranched alkanes of at least 4 members (excludes halogenated alkanes) is 8. The first-order valence-corrected chi connectivity index (χ1v) is 14.1. The Hall–Kier alpha value is 0.720. The second-order valence-corrected chi connectivity index (χ2v) is 15.8. The maximum atomic E-state index is 7.67. The SMILES string of the molecule is CCCCCP(Cl)(CCCCC)(CCCCC)CCCCC. The van der Waals surface area contributed by atoms with Gasteiger partial charge in [0.05, 0.1) is 0 Å². The van der Waals surface area contributed by atoms with Gasteiger partial charge < -0.3 is 0 Å².